The molecule has 3 rings (SSSR count). The summed E-state index contributed by atoms with van der Waals surface area (Å²) in [6, 6.07) is 12.6. The Morgan fingerprint density at radius 3 is 2.90 bits per heavy atom. The van der Waals surface area contributed by atoms with E-state index in [1.165, 1.54) is 5.56 Å². The van der Waals surface area contributed by atoms with Gasteiger partial charge in [0, 0.05) is 31.2 Å². The average Bonchev–Trinajstić information content (AvgIpc) is 3.03. The van der Waals surface area contributed by atoms with Gasteiger partial charge in [0.25, 0.3) is 0 Å². The molecule has 0 radical (unpaired) electrons. The van der Waals surface area contributed by atoms with E-state index in [4.69, 9.17) is 4.74 Å². The Morgan fingerprint density at radius 1 is 1.29 bits per heavy atom. The molecule has 4 heteroatoms. The van der Waals surface area contributed by atoms with Crippen LogP contribution in [0.15, 0.2) is 42.6 Å². The van der Waals surface area contributed by atoms with Crippen LogP contribution in [0.5, 0.6) is 0 Å². The van der Waals surface area contributed by atoms with Crippen LogP contribution in [0.4, 0.5) is 5.82 Å². The Labute approximate surface area is 125 Å². The SMILES string of the molecule is C[C@@H](Nc1ccnc(Cc2ccccc2)n1)[C@H]1CCOC1. The van der Waals surface area contributed by atoms with Crippen molar-refractivity contribution in [2.45, 2.75) is 25.8 Å². The van der Waals surface area contributed by atoms with Crippen LogP contribution in [-0.2, 0) is 11.2 Å². The number of anilines is 1. The van der Waals surface area contributed by atoms with E-state index in [9.17, 15) is 0 Å². The van der Waals surface area contributed by atoms with Gasteiger partial charge >= 0.3 is 0 Å². The molecule has 0 aliphatic carbocycles. The second-order valence-corrected chi connectivity index (χ2v) is 5.58. The van der Waals surface area contributed by atoms with E-state index in [-0.39, 0.29) is 0 Å². The normalized spacial score (nSPS) is 19.4. The third-order valence-corrected chi connectivity index (χ3v) is 3.96. The first-order valence-corrected chi connectivity index (χ1v) is 7.51. The fraction of sp³-hybridized carbons (Fsp3) is 0.412. The Hall–Kier alpha value is -1.94. The summed E-state index contributed by atoms with van der Waals surface area (Å²) in [4.78, 5) is 8.98. The summed E-state index contributed by atoms with van der Waals surface area (Å²) < 4.78 is 5.45. The quantitative estimate of drug-likeness (QED) is 0.916. The third kappa shape index (κ3) is 3.79. The first-order valence-electron chi connectivity index (χ1n) is 7.51. The van der Waals surface area contributed by atoms with E-state index in [1.807, 2.05) is 30.5 Å². The minimum absolute atomic E-state index is 0.368. The van der Waals surface area contributed by atoms with E-state index >= 15 is 0 Å². The summed E-state index contributed by atoms with van der Waals surface area (Å²) >= 11 is 0. The summed E-state index contributed by atoms with van der Waals surface area (Å²) in [5.41, 5.74) is 1.23. The minimum atomic E-state index is 0.368. The molecule has 0 bridgehead atoms. The minimum Gasteiger partial charge on any atom is -0.381 e. The van der Waals surface area contributed by atoms with Crippen molar-refractivity contribution in [3.05, 3.63) is 54.0 Å². The standard InChI is InChI=1S/C17H21N3O/c1-13(15-8-10-21-12-15)19-16-7-9-18-17(20-16)11-14-5-3-2-4-6-14/h2-7,9,13,15H,8,10-12H2,1H3,(H,18,19,20)/t13-,15+/m1/s1. The molecule has 4 nitrogen and oxygen atoms in total. The molecule has 2 aromatic rings. The van der Waals surface area contributed by atoms with Crippen LogP contribution in [0.2, 0.25) is 0 Å². The molecule has 0 unspecified atom stereocenters. The molecule has 2 heterocycles. The lowest BCUT2D eigenvalue weighted by atomic mass is 10.0. The highest BCUT2D eigenvalue weighted by molar-refractivity contribution is 5.35. The molecule has 1 saturated heterocycles. The van der Waals surface area contributed by atoms with E-state index in [2.05, 4.69) is 34.3 Å². The van der Waals surface area contributed by atoms with Crippen molar-refractivity contribution in [1.82, 2.24) is 9.97 Å². The van der Waals surface area contributed by atoms with Crippen LogP contribution in [0.25, 0.3) is 0 Å². The smallest absolute Gasteiger partial charge is 0.135 e. The van der Waals surface area contributed by atoms with Gasteiger partial charge in [0.15, 0.2) is 0 Å². The van der Waals surface area contributed by atoms with Crippen LogP contribution in [0.3, 0.4) is 0 Å². The van der Waals surface area contributed by atoms with E-state index in [0.717, 1.165) is 37.7 Å². The van der Waals surface area contributed by atoms with Gasteiger partial charge in [-0.15, -0.1) is 0 Å². The molecule has 0 amide bonds. The molecular weight excluding hydrogens is 262 g/mol. The molecule has 0 spiro atoms. The van der Waals surface area contributed by atoms with Gasteiger partial charge in [0.2, 0.25) is 0 Å². The maximum Gasteiger partial charge on any atom is 0.135 e. The van der Waals surface area contributed by atoms with Gasteiger partial charge in [-0.1, -0.05) is 30.3 Å². The maximum absolute atomic E-state index is 5.45. The summed E-state index contributed by atoms with van der Waals surface area (Å²) in [5, 5.41) is 3.48. The molecule has 21 heavy (non-hydrogen) atoms. The van der Waals surface area contributed by atoms with Gasteiger partial charge in [0.05, 0.1) is 6.61 Å². The number of nitrogens with one attached hydrogen (secondary N) is 1. The zero-order valence-corrected chi connectivity index (χ0v) is 12.3. The Morgan fingerprint density at radius 2 is 2.14 bits per heavy atom. The zero-order valence-electron chi connectivity index (χ0n) is 12.3. The molecule has 1 aliphatic heterocycles. The number of ether oxygens (including phenoxy) is 1. The predicted molar refractivity (Wildman–Crippen MR) is 83.3 cm³/mol. The van der Waals surface area contributed by atoms with Crippen molar-refractivity contribution in [2.24, 2.45) is 5.92 Å². The summed E-state index contributed by atoms with van der Waals surface area (Å²) in [5.74, 6) is 2.31. The van der Waals surface area contributed by atoms with Crippen molar-refractivity contribution < 1.29 is 4.74 Å². The van der Waals surface area contributed by atoms with Crippen LogP contribution < -0.4 is 5.32 Å². The van der Waals surface area contributed by atoms with E-state index in [1.54, 1.807) is 0 Å². The molecule has 1 aromatic carbocycles. The number of nitrogens with zero attached hydrogens (tertiary/aromatic N) is 2. The van der Waals surface area contributed by atoms with Gasteiger partial charge in [-0.05, 0) is 25.0 Å². The molecule has 1 aromatic heterocycles. The molecule has 1 N–H and O–H groups in total. The van der Waals surface area contributed by atoms with Crippen LogP contribution in [0, 0.1) is 5.92 Å². The molecule has 0 saturated carbocycles. The zero-order chi connectivity index (χ0) is 14.5. The highest BCUT2D eigenvalue weighted by Gasteiger charge is 2.22. The van der Waals surface area contributed by atoms with Gasteiger partial charge in [-0.3, -0.25) is 0 Å². The van der Waals surface area contributed by atoms with Crippen molar-refractivity contribution in [1.29, 1.82) is 0 Å². The van der Waals surface area contributed by atoms with Gasteiger partial charge < -0.3 is 10.1 Å². The summed E-state index contributed by atoms with van der Waals surface area (Å²) in [6.07, 6.45) is 3.71. The average molecular weight is 283 g/mol. The lowest BCUT2D eigenvalue weighted by Gasteiger charge is -2.19. The second-order valence-electron chi connectivity index (χ2n) is 5.58. The third-order valence-electron chi connectivity index (χ3n) is 3.96. The molecule has 1 fully saturated rings. The number of hydrogen-bond acceptors (Lipinski definition) is 4. The van der Waals surface area contributed by atoms with Crippen LogP contribution in [-0.4, -0.2) is 29.2 Å². The fourth-order valence-electron chi connectivity index (χ4n) is 2.64. The van der Waals surface area contributed by atoms with Gasteiger partial charge in [-0.2, -0.15) is 0 Å². The van der Waals surface area contributed by atoms with Crippen molar-refractivity contribution in [3.8, 4) is 0 Å². The second kappa shape index (κ2) is 6.68. The monoisotopic (exact) mass is 283 g/mol. The topological polar surface area (TPSA) is 47.0 Å². The number of hydrogen-bond donors (Lipinski definition) is 1. The largest absolute Gasteiger partial charge is 0.381 e. The molecule has 2 atom stereocenters. The Balaban J connectivity index is 1.65. The van der Waals surface area contributed by atoms with Crippen LogP contribution >= 0.6 is 0 Å². The van der Waals surface area contributed by atoms with Crippen molar-refractivity contribution >= 4 is 5.82 Å². The Bertz CT molecular complexity index is 567. The van der Waals surface area contributed by atoms with E-state index in [0.29, 0.717) is 12.0 Å². The highest BCUT2D eigenvalue weighted by Crippen LogP contribution is 2.19. The number of benzene rings is 1. The van der Waals surface area contributed by atoms with Crippen molar-refractivity contribution in [3.63, 3.8) is 0 Å². The number of rotatable bonds is 5. The first kappa shape index (κ1) is 14.0. The lowest BCUT2D eigenvalue weighted by molar-refractivity contribution is 0.183. The fourth-order valence-corrected chi connectivity index (χ4v) is 2.64. The maximum atomic E-state index is 5.45. The number of aromatic nitrogens is 2. The predicted octanol–water partition coefficient (Wildman–Crippen LogP) is 2.90. The van der Waals surface area contributed by atoms with Crippen LogP contribution in [0.1, 0.15) is 24.7 Å². The van der Waals surface area contributed by atoms with Gasteiger partial charge in [0.1, 0.15) is 11.6 Å². The lowest BCUT2D eigenvalue weighted by Crippen LogP contribution is -2.26. The van der Waals surface area contributed by atoms with E-state index < -0.39 is 0 Å². The summed E-state index contributed by atoms with van der Waals surface area (Å²) in [6.45, 7) is 3.91. The Kier molecular flexibility index (Phi) is 4.46. The molecular formula is C17H21N3O. The highest BCUT2D eigenvalue weighted by atomic mass is 16.5. The van der Waals surface area contributed by atoms with Crippen molar-refractivity contribution in [2.75, 3.05) is 18.5 Å². The molecule has 1 aliphatic rings. The van der Waals surface area contributed by atoms with Gasteiger partial charge in [-0.25, -0.2) is 9.97 Å². The molecule has 110 valence electrons. The first-order chi connectivity index (χ1) is 10.3. The summed E-state index contributed by atoms with van der Waals surface area (Å²) in [7, 11) is 0.